The molecule has 0 saturated carbocycles. The number of hydrogen-bond donors (Lipinski definition) is 3. The maximum atomic E-state index is 12.4. The lowest BCUT2D eigenvalue weighted by molar-refractivity contribution is 0.0952. The van der Waals surface area contributed by atoms with Gasteiger partial charge in [-0.05, 0) is 49.2 Å². The highest BCUT2D eigenvalue weighted by molar-refractivity contribution is 6.04. The van der Waals surface area contributed by atoms with Crippen molar-refractivity contribution >= 4 is 22.4 Å². The van der Waals surface area contributed by atoms with E-state index in [2.05, 4.69) is 15.5 Å². The summed E-state index contributed by atoms with van der Waals surface area (Å²) in [7, 11) is 0. The zero-order valence-corrected chi connectivity index (χ0v) is 13.8. The lowest BCUT2D eigenvalue weighted by Crippen LogP contribution is -2.19. The third kappa shape index (κ3) is 2.88. The third-order valence-electron chi connectivity index (χ3n) is 4.07. The normalized spacial score (nSPS) is 11.7. The van der Waals surface area contributed by atoms with Gasteiger partial charge >= 0.3 is 0 Å². The standard InChI is InChI=1S/C19H19N3O2/c1-11-10-20-12(2)18(11)13(3)21-22-19(24)16-8-14-6-4-5-7-15(14)9-17(16)23/h4-10,20,23H,1-3H3,(H,22,24)/b21-13+. The molecule has 1 amide bonds. The smallest absolute Gasteiger partial charge is 0.275 e. The molecule has 0 bridgehead atoms. The summed E-state index contributed by atoms with van der Waals surface area (Å²) in [6, 6.07) is 10.8. The summed E-state index contributed by atoms with van der Waals surface area (Å²) in [6.07, 6.45) is 1.90. The van der Waals surface area contributed by atoms with Crippen molar-refractivity contribution in [2.24, 2.45) is 5.10 Å². The Balaban J connectivity index is 1.87. The summed E-state index contributed by atoms with van der Waals surface area (Å²) in [6.45, 7) is 5.77. The average molecular weight is 321 g/mol. The number of aromatic hydroxyl groups is 1. The Morgan fingerprint density at radius 2 is 1.83 bits per heavy atom. The number of carbonyl (C=O) groups is 1. The number of amides is 1. The van der Waals surface area contributed by atoms with E-state index in [1.54, 1.807) is 12.1 Å². The SMILES string of the molecule is C/C(=N\NC(=O)c1cc2ccccc2cc1O)c1c(C)c[nH]c1C. The zero-order valence-electron chi connectivity index (χ0n) is 13.8. The molecule has 1 aromatic heterocycles. The number of nitrogens with one attached hydrogen (secondary N) is 2. The van der Waals surface area contributed by atoms with Crippen molar-refractivity contribution in [1.29, 1.82) is 0 Å². The van der Waals surface area contributed by atoms with Gasteiger partial charge in [0.1, 0.15) is 5.75 Å². The minimum absolute atomic E-state index is 0.0620. The van der Waals surface area contributed by atoms with Gasteiger partial charge in [0.25, 0.3) is 5.91 Å². The number of rotatable bonds is 3. The molecule has 0 spiro atoms. The fraction of sp³-hybridized carbons (Fsp3) is 0.158. The Morgan fingerprint density at radius 3 is 2.46 bits per heavy atom. The van der Waals surface area contributed by atoms with E-state index in [1.165, 1.54) is 0 Å². The van der Waals surface area contributed by atoms with E-state index in [1.807, 2.05) is 51.2 Å². The van der Waals surface area contributed by atoms with Crippen LogP contribution in [0.3, 0.4) is 0 Å². The fourth-order valence-electron chi connectivity index (χ4n) is 2.87. The van der Waals surface area contributed by atoms with Gasteiger partial charge in [-0.25, -0.2) is 5.43 Å². The molecule has 3 aromatic rings. The van der Waals surface area contributed by atoms with Crippen LogP contribution in [0.2, 0.25) is 0 Å². The van der Waals surface area contributed by atoms with Crippen LogP contribution in [0.1, 0.15) is 34.1 Å². The van der Waals surface area contributed by atoms with Crippen molar-refractivity contribution < 1.29 is 9.90 Å². The Labute approximate surface area is 140 Å². The number of phenolic OH excluding ortho intramolecular Hbond substituents is 1. The summed E-state index contributed by atoms with van der Waals surface area (Å²) in [5, 5.41) is 16.0. The molecule has 0 fully saturated rings. The number of aromatic amines is 1. The minimum Gasteiger partial charge on any atom is -0.507 e. The van der Waals surface area contributed by atoms with Crippen molar-refractivity contribution in [3.8, 4) is 5.75 Å². The summed E-state index contributed by atoms with van der Waals surface area (Å²) < 4.78 is 0. The van der Waals surface area contributed by atoms with Crippen LogP contribution >= 0.6 is 0 Å². The molecule has 2 aromatic carbocycles. The van der Waals surface area contributed by atoms with E-state index >= 15 is 0 Å². The van der Waals surface area contributed by atoms with Gasteiger partial charge in [-0.3, -0.25) is 4.79 Å². The van der Waals surface area contributed by atoms with Gasteiger partial charge in [-0.2, -0.15) is 5.10 Å². The van der Waals surface area contributed by atoms with Crippen molar-refractivity contribution in [2.75, 3.05) is 0 Å². The highest BCUT2D eigenvalue weighted by atomic mass is 16.3. The highest BCUT2D eigenvalue weighted by Gasteiger charge is 2.13. The van der Waals surface area contributed by atoms with Gasteiger partial charge in [0, 0.05) is 17.5 Å². The van der Waals surface area contributed by atoms with Crippen LogP contribution in [0.4, 0.5) is 0 Å². The first-order valence-electron chi connectivity index (χ1n) is 7.68. The maximum absolute atomic E-state index is 12.4. The van der Waals surface area contributed by atoms with Gasteiger partial charge in [0.05, 0.1) is 11.3 Å². The first kappa shape index (κ1) is 15.8. The molecule has 3 rings (SSSR count). The number of fused-ring (bicyclic) bond motifs is 1. The number of aromatic nitrogens is 1. The number of H-pyrrole nitrogens is 1. The number of phenols is 1. The molecule has 0 radical (unpaired) electrons. The summed E-state index contributed by atoms with van der Waals surface area (Å²) in [4.78, 5) is 15.5. The number of benzene rings is 2. The van der Waals surface area contributed by atoms with Gasteiger partial charge in [0.2, 0.25) is 0 Å². The van der Waals surface area contributed by atoms with E-state index in [-0.39, 0.29) is 11.3 Å². The largest absolute Gasteiger partial charge is 0.507 e. The van der Waals surface area contributed by atoms with Crippen LogP contribution in [0.25, 0.3) is 10.8 Å². The second kappa shape index (κ2) is 6.20. The lowest BCUT2D eigenvalue weighted by Gasteiger charge is -2.07. The number of nitrogens with zero attached hydrogens (tertiary/aromatic N) is 1. The number of hydrazone groups is 1. The van der Waals surface area contributed by atoms with Crippen LogP contribution < -0.4 is 5.43 Å². The maximum Gasteiger partial charge on any atom is 0.275 e. The predicted octanol–water partition coefficient (Wildman–Crippen LogP) is 3.64. The molecule has 0 unspecified atom stereocenters. The number of hydrogen-bond acceptors (Lipinski definition) is 3. The Bertz CT molecular complexity index is 935. The van der Waals surface area contributed by atoms with Crippen LogP contribution in [0, 0.1) is 13.8 Å². The molecule has 5 heteroatoms. The van der Waals surface area contributed by atoms with Crippen LogP contribution in [-0.2, 0) is 0 Å². The molecule has 122 valence electrons. The number of aryl methyl sites for hydroxylation is 2. The third-order valence-corrected chi connectivity index (χ3v) is 4.07. The molecule has 0 aliphatic heterocycles. The van der Waals surface area contributed by atoms with Gasteiger partial charge < -0.3 is 10.1 Å². The fourth-order valence-corrected chi connectivity index (χ4v) is 2.87. The minimum atomic E-state index is -0.441. The van der Waals surface area contributed by atoms with Crippen molar-refractivity contribution in [1.82, 2.24) is 10.4 Å². The van der Waals surface area contributed by atoms with Gasteiger partial charge in [-0.15, -0.1) is 0 Å². The van der Waals surface area contributed by atoms with Gasteiger partial charge in [-0.1, -0.05) is 24.3 Å². The molecule has 3 N–H and O–H groups in total. The first-order valence-corrected chi connectivity index (χ1v) is 7.68. The average Bonchev–Trinajstić information content (AvgIpc) is 2.90. The molecule has 5 nitrogen and oxygen atoms in total. The second-order valence-corrected chi connectivity index (χ2v) is 5.83. The molecular formula is C19H19N3O2. The number of carbonyl (C=O) groups excluding carboxylic acids is 1. The quantitative estimate of drug-likeness (QED) is 0.509. The summed E-state index contributed by atoms with van der Waals surface area (Å²) in [5.74, 6) is -0.503. The molecule has 0 atom stereocenters. The van der Waals surface area contributed by atoms with E-state index in [0.29, 0.717) is 5.71 Å². The van der Waals surface area contributed by atoms with E-state index in [0.717, 1.165) is 27.6 Å². The first-order chi connectivity index (χ1) is 11.5. The Morgan fingerprint density at radius 1 is 1.17 bits per heavy atom. The van der Waals surface area contributed by atoms with E-state index in [4.69, 9.17) is 0 Å². The Hall–Kier alpha value is -3.08. The lowest BCUT2D eigenvalue weighted by atomic mass is 10.1. The van der Waals surface area contributed by atoms with Crippen LogP contribution in [0.5, 0.6) is 5.75 Å². The topological polar surface area (TPSA) is 77.5 Å². The van der Waals surface area contributed by atoms with Crippen LogP contribution in [0.15, 0.2) is 47.7 Å². The van der Waals surface area contributed by atoms with Crippen molar-refractivity contribution in [2.45, 2.75) is 20.8 Å². The molecule has 0 aliphatic carbocycles. The van der Waals surface area contributed by atoms with E-state index in [9.17, 15) is 9.90 Å². The summed E-state index contributed by atoms with van der Waals surface area (Å²) in [5.41, 5.74) is 6.48. The monoisotopic (exact) mass is 321 g/mol. The zero-order chi connectivity index (χ0) is 17.3. The molecule has 0 saturated heterocycles. The predicted molar refractivity (Wildman–Crippen MR) is 95.6 cm³/mol. The van der Waals surface area contributed by atoms with Crippen LogP contribution in [-0.4, -0.2) is 21.7 Å². The van der Waals surface area contributed by atoms with Crippen molar-refractivity contribution in [3.05, 3.63) is 65.0 Å². The summed E-state index contributed by atoms with van der Waals surface area (Å²) >= 11 is 0. The molecule has 24 heavy (non-hydrogen) atoms. The molecule has 0 aliphatic rings. The second-order valence-electron chi connectivity index (χ2n) is 5.83. The highest BCUT2D eigenvalue weighted by Crippen LogP contribution is 2.24. The van der Waals surface area contributed by atoms with E-state index < -0.39 is 5.91 Å². The molecular weight excluding hydrogens is 302 g/mol. The van der Waals surface area contributed by atoms with Crippen molar-refractivity contribution in [3.63, 3.8) is 0 Å². The molecule has 1 heterocycles. The Kier molecular flexibility index (Phi) is 4.08. The van der Waals surface area contributed by atoms with Gasteiger partial charge in [0.15, 0.2) is 0 Å².